The standard InChI is InChI=1S/C11H9ClN2O/c12-9-2-1-3-10(4-9)14-6-8(5-13)11(15)7-14/h1-4,8H,6-7H2/t8-/m1/s1. The van der Waals surface area contributed by atoms with Gasteiger partial charge in [-0.1, -0.05) is 17.7 Å². The van der Waals surface area contributed by atoms with Crippen molar-refractivity contribution in [3.63, 3.8) is 0 Å². The lowest BCUT2D eigenvalue weighted by molar-refractivity contribution is -0.118. The molecule has 0 bridgehead atoms. The van der Waals surface area contributed by atoms with Crippen LogP contribution in [0.3, 0.4) is 0 Å². The first-order chi connectivity index (χ1) is 7.20. The minimum absolute atomic E-state index is 0.0162. The number of carbonyl (C=O) groups excluding carboxylic acids is 1. The topological polar surface area (TPSA) is 44.1 Å². The van der Waals surface area contributed by atoms with E-state index in [-0.39, 0.29) is 5.78 Å². The van der Waals surface area contributed by atoms with Crippen LogP contribution in [0.4, 0.5) is 5.69 Å². The molecule has 0 aromatic heterocycles. The Morgan fingerprint density at radius 1 is 1.53 bits per heavy atom. The van der Waals surface area contributed by atoms with Gasteiger partial charge in [-0.15, -0.1) is 0 Å². The van der Waals surface area contributed by atoms with Crippen molar-refractivity contribution >= 4 is 23.1 Å². The van der Waals surface area contributed by atoms with Crippen LogP contribution >= 0.6 is 11.6 Å². The molecule has 3 nitrogen and oxygen atoms in total. The number of hydrogen-bond acceptors (Lipinski definition) is 3. The first kappa shape index (κ1) is 10.0. The van der Waals surface area contributed by atoms with E-state index in [0.29, 0.717) is 18.1 Å². The summed E-state index contributed by atoms with van der Waals surface area (Å²) in [7, 11) is 0. The van der Waals surface area contributed by atoms with E-state index < -0.39 is 5.92 Å². The average molecular weight is 221 g/mol. The number of nitrogens with zero attached hydrogens (tertiary/aromatic N) is 2. The third-order valence-corrected chi connectivity index (χ3v) is 2.70. The van der Waals surface area contributed by atoms with Crippen LogP contribution in [0.2, 0.25) is 5.02 Å². The Labute approximate surface area is 92.9 Å². The smallest absolute Gasteiger partial charge is 0.170 e. The van der Waals surface area contributed by atoms with Gasteiger partial charge < -0.3 is 4.90 Å². The zero-order valence-corrected chi connectivity index (χ0v) is 8.74. The molecule has 1 fully saturated rings. The average Bonchev–Trinajstić information content (AvgIpc) is 2.60. The second kappa shape index (κ2) is 3.92. The van der Waals surface area contributed by atoms with Crippen LogP contribution in [0.1, 0.15) is 0 Å². The number of Topliss-reactive ketones (excluding diaryl/α,β-unsaturated/α-hetero) is 1. The molecule has 0 N–H and O–H groups in total. The summed E-state index contributed by atoms with van der Waals surface area (Å²) >= 11 is 5.85. The van der Waals surface area contributed by atoms with Gasteiger partial charge in [0.1, 0.15) is 5.92 Å². The molecule has 1 atom stereocenters. The molecule has 76 valence electrons. The maximum absolute atomic E-state index is 11.4. The molecule has 0 radical (unpaired) electrons. The Morgan fingerprint density at radius 3 is 2.93 bits per heavy atom. The fourth-order valence-electron chi connectivity index (χ4n) is 1.67. The van der Waals surface area contributed by atoms with E-state index in [4.69, 9.17) is 16.9 Å². The summed E-state index contributed by atoms with van der Waals surface area (Å²) in [5.74, 6) is -0.513. The first-order valence-electron chi connectivity index (χ1n) is 4.63. The van der Waals surface area contributed by atoms with Gasteiger partial charge in [-0.25, -0.2) is 0 Å². The van der Waals surface area contributed by atoms with Crippen molar-refractivity contribution in [3.8, 4) is 6.07 Å². The molecule has 1 aromatic rings. The van der Waals surface area contributed by atoms with E-state index in [0.717, 1.165) is 5.69 Å². The molecular formula is C11H9ClN2O. The molecule has 1 saturated heterocycles. The molecule has 0 spiro atoms. The van der Waals surface area contributed by atoms with E-state index in [1.807, 2.05) is 23.1 Å². The predicted molar refractivity (Wildman–Crippen MR) is 57.8 cm³/mol. The normalized spacial score (nSPS) is 20.4. The highest BCUT2D eigenvalue weighted by atomic mass is 35.5. The minimum Gasteiger partial charge on any atom is -0.362 e. The Bertz CT molecular complexity index is 438. The second-order valence-electron chi connectivity index (χ2n) is 3.51. The van der Waals surface area contributed by atoms with Gasteiger partial charge in [0.05, 0.1) is 12.6 Å². The summed E-state index contributed by atoms with van der Waals surface area (Å²) in [6.07, 6.45) is 0. The minimum atomic E-state index is -0.496. The number of carbonyl (C=O) groups is 1. The quantitative estimate of drug-likeness (QED) is 0.726. The van der Waals surface area contributed by atoms with E-state index in [2.05, 4.69) is 0 Å². The third-order valence-electron chi connectivity index (χ3n) is 2.47. The number of benzene rings is 1. The molecular weight excluding hydrogens is 212 g/mol. The molecule has 0 amide bonds. The van der Waals surface area contributed by atoms with Gasteiger partial charge in [0, 0.05) is 17.3 Å². The molecule has 4 heteroatoms. The van der Waals surface area contributed by atoms with Gasteiger partial charge in [-0.2, -0.15) is 5.26 Å². The summed E-state index contributed by atoms with van der Waals surface area (Å²) in [6.45, 7) is 0.772. The summed E-state index contributed by atoms with van der Waals surface area (Å²) in [6, 6.07) is 9.31. The second-order valence-corrected chi connectivity index (χ2v) is 3.94. The molecule has 1 aromatic carbocycles. The van der Waals surface area contributed by atoms with Crippen molar-refractivity contribution in [1.29, 1.82) is 5.26 Å². The molecule has 1 heterocycles. The Hall–Kier alpha value is -1.53. The van der Waals surface area contributed by atoms with Crippen LogP contribution < -0.4 is 4.90 Å². The number of nitriles is 1. The van der Waals surface area contributed by atoms with E-state index in [1.54, 1.807) is 12.1 Å². The molecule has 1 aliphatic rings. The summed E-state index contributed by atoms with van der Waals surface area (Å²) in [5, 5.41) is 9.37. The Kier molecular flexibility index (Phi) is 2.61. The van der Waals surface area contributed by atoms with Gasteiger partial charge in [0.15, 0.2) is 5.78 Å². The SMILES string of the molecule is N#C[C@@H]1CN(c2cccc(Cl)c2)CC1=O. The number of halogens is 1. The molecule has 1 aliphatic heterocycles. The molecule has 0 unspecified atom stereocenters. The molecule has 2 rings (SSSR count). The lowest BCUT2D eigenvalue weighted by atomic mass is 10.1. The van der Waals surface area contributed by atoms with Gasteiger partial charge in [-0.05, 0) is 18.2 Å². The highest BCUT2D eigenvalue weighted by molar-refractivity contribution is 6.30. The number of rotatable bonds is 1. The molecule has 0 aliphatic carbocycles. The highest BCUT2D eigenvalue weighted by Gasteiger charge is 2.30. The van der Waals surface area contributed by atoms with Crippen LogP contribution in [-0.4, -0.2) is 18.9 Å². The Balaban J connectivity index is 2.21. The zero-order valence-electron chi connectivity index (χ0n) is 7.98. The molecule has 15 heavy (non-hydrogen) atoms. The van der Waals surface area contributed by atoms with Crippen LogP contribution in [0.15, 0.2) is 24.3 Å². The maximum atomic E-state index is 11.4. The van der Waals surface area contributed by atoms with Gasteiger partial charge in [0.25, 0.3) is 0 Å². The highest BCUT2D eigenvalue weighted by Crippen LogP contribution is 2.24. The lowest BCUT2D eigenvalue weighted by Crippen LogP contribution is -2.19. The predicted octanol–water partition coefficient (Wildman–Crippen LogP) is 1.87. The summed E-state index contributed by atoms with van der Waals surface area (Å²) in [4.78, 5) is 13.3. The van der Waals surface area contributed by atoms with Gasteiger partial charge in [0.2, 0.25) is 0 Å². The van der Waals surface area contributed by atoms with E-state index in [1.165, 1.54) is 0 Å². The van der Waals surface area contributed by atoms with Gasteiger partial charge in [-0.3, -0.25) is 4.79 Å². The van der Waals surface area contributed by atoms with Crippen molar-refractivity contribution in [3.05, 3.63) is 29.3 Å². The maximum Gasteiger partial charge on any atom is 0.170 e. The fourth-order valence-corrected chi connectivity index (χ4v) is 1.85. The summed E-state index contributed by atoms with van der Waals surface area (Å²) in [5.41, 5.74) is 0.897. The van der Waals surface area contributed by atoms with Crippen molar-refractivity contribution in [2.24, 2.45) is 5.92 Å². The van der Waals surface area contributed by atoms with Crippen LogP contribution in [0.5, 0.6) is 0 Å². The first-order valence-corrected chi connectivity index (χ1v) is 5.01. The summed E-state index contributed by atoms with van der Waals surface area (Å²) < 4.78 is 0. The van der Waals surface area contributed by atoms with Crippen LogP contribution in [0.25, 0.3) is 0 Å². The zero-order chi connectivity index (χ0) is 10.8. The lowest BCUT2D eigenvalue weighted by Gasteiger charge is -2.16. The monoisotopic (exact) mass is 220 g/mol. The number of hydrogen-bond donors (Lipinski definition) is 0. The fraction of sp³-hybridized carbons (Fsp3) is 0.273. The van der Waals surface area contributed by atoms with E-state index >= 15 is 0 Å². The largest absolute Gasteiger partial charge is 0.362 e. The van der Waals surface area contributed by atoms with Crippen LogP contribution in [0, 0.1) is 17.2 Å². The number of ketones is 1. The molecule has 0 saturated carbocycles. The van der Waals surface area contributed by atoms with Crippen molar-refractivity contribution in [2.45, 2.75) is 0 Å². The van der Waals surface area contributed by atoms with Crippen molar-refractivity contribution in [2.75, 3.05) is 18.0 Å². The number of anilines is 1. The van der Waals surface area contributed by atoms with Crippen molar-refractivity contribution in [1.82, 2.24) is 0 Å². The Morgan fingerprint density at radius 2 is 2.33 bits per heavy atom. The van der Waals surface area contributed by atoms with Crippen LogP contribution in [-0.2, 0) is 4.79 Å². The van der Waals surface area contributed by atoms with Gasteiger partial charge >= 0.3 is 0 Å². The van der Waals surface area contributed by atoms with Crippen molar-refractivity contribution < 1.29 is 4.79 Å². The van der Waals surface area contributed by atoms with E-state index in [9.17, 15) is 4.79 Å². The third kappa shape index (κ3) is 1.95.